The van der Waals surface area contributed by atoms with Crippen molar-refractivity contribution in [2.24, 2.45) is 4.99 Å². The lowest BCUT2D eigenvalue weighted by Crippen LogP contribution is -2.59. The van der Waals surface area contributed by atoms with Crippen LogP contribution in [0.3, 0.4) is 0 Å². The summed E-state index contributed by atoms with van der Waals surface area (Å²) in [6.07, 6.45) is -8.06. The molecule has 0 spiro atoms. The second-order valence-corrected chi connectivity index (χ2v) is 14.2. The van der Waals surface area contributed by atoms with Crippen LogP contribution in [0.1, 0.15) is 51.7 Å². The summed E-state index contributed by atoms with van der Waals surface area (Å²) in [6, 6.07) is 17.4. The third kappa shape index (κ3) is 6.99. The minimum atomic E-state index is -4.70. The SMILES string of the molecule is CC1(C)CC(N=c2cc3n(-c4ccc(Cl)c(C(F)(F)F)c4)c4ccccc4nc-3cc2Nc2ccc(Cl)c(C(F)(F)F)c2)CC(C)(C)N1. The molecule has 2 N–H and O–H groups in total. The monoisotopic (exact) mass is 705 g/mol. The van der Waals surface area contributed by atoms with Gasteiger partial charge in [0.15, 0.2) is 0 Å². The fourth-order valence-corrected chi connectivity index (χ4v) is 7.18. The van der Waals surface area contributed by atoms with Crippen LogP contribution in [0, 0.1) is 0 Å². The molecule has 2 heterocycles. The highest BCUT2D eigenvalue weighted by Gasteiger charge is 2.38. The molecule has 0 atom stereocenters. The summed E-state index contributed by atoms with van der Waals surface area (Å²) in [5.41, 5.74) is -0.0282. The standard InChI is InChI=1S/C35H31Cl2F6N5/c1-32(2)17-20(18-33(3,4)47-32)45-28-16-31-29(15-27(28)44-19-9-11-24(36)22(13-19)34(38,39)40)46-26-7-5-6-8-30(26)48(31)21-10-12-25(37)23(14-21)35(41,42)43/h5-16,20,44,47H,17-18H2,1-4H3. The molecule has 0 unspecified atom stereocenters. The molecule has 48 heavy (non-hydrogen) atoms. The van der Waals surface area contributed by atoms with Crippen molar-refractivity contribution in [2.75, 3.05) is 5.32 Å². The van der Waals surface area contributed by atoms with E-state index in [0.29, 0.717) is 46.3 Å². The molecule has 5 nitrogen and oxygen atoms in total. The van der Waals surface area contributed by atoms with E-state index in [1.807, 2.05) is 0 Å². The van der Waals surface area contributed by atoms with Crippen LogP contribution >= 0.6 is 23.2 Å². The molecule has 3 aromatic rings. The van der Waals surface area contributed by atoms with E-state index in [0.717, 1.165) is 12.1 Å². The van der Waals surface area contributed by atoms with Crippen molar-refractivity contribution in [2.45, 2.75) is 70.0 Å². The molecule has 13 heteroatoms. The van der Waals surface area contributed by atoms with Gasteiger partial charge in [-0.3, -0.25) is 4.99 Å². The zero-order valence-corrected chi connectivity index (χ0v) is 27.8. The first-order chi connectivity index (χ1) is 22.3. The van der Waals surface area contributed by atoms with Crippen LogP contribution in [0.4, 0.5) is 37.7 Å². The molecule has 0 bridgehead atoms. The Labute approximate surface area is 283 Å². The van der Waals surface area contributed by atoms with Crippen LogP contribution in [0.15, 0.2) is 77.8 Å². The molecule has 1 saturated heterocycles. The van der Waals surface area contributed by atoms with Gasteiger partial charge in [-0.05, 0) is 101 Å². The average Bonchev–Trinajstić information content (AvgIpc) is 2.95. The number of rotatable bonds is 4. The molecule has 3 aromatic carbocycles. The smallest absolute Gasteiger partial charge is 0.354 e. The number of halogens is 8. The number of benzene rings is 4. The Bertz CT molecular complexity index is 2050. The lowest BCUT2D eigenvalue weighted by atomic mass is 9.80. The zero-order valence-electron chi connectivity index (χ0n) is 26.3. The van der Waals surface area contributed by atoms with Gasteiger partial charge in [0.05, 0.1) is 60.7 Å². The van der Waals surface area contributed by atoms with Gasteiger partial charge in [-0.1, -0.05) is 35.3 Å². The van der Waals surface area contributed by atoms with Crippen molar-refractivity contribution < 1.29 is 26.3 Å². The number of alkyl halides is 6. The second-order valence-electron chi connectivity index (χ2n) is 13.4. The summed E-state index contributed by atoms with van der Waals surface area (Å²) in [7, 11) is 0. The van der Waals surface area contributed by atoms with Crippen LogP contribution in [-0.2, 0) is 12.4 Å². The van der Waals surface area contributed by atoms with E-state index in [1.54, 1.807) is 41.0 Å². The fraction of sp³-hybridized carbons (Fsp3) is 0.314. The molecule has 3 aliphatic rings. The maximum Gasteiger partial charge on any atom is 0.417 e. The topological polar surface area (TPSA) is 54.2 Å². The highest BCUT2D eigenvalue weighted by Crippen LogP contribution is 2.39. The molecule has 6 rings (SSSR count). The quantitative estimate of drug-likeness (QED) is 0.145. The number of aromatic nitrogens is 2. The largest absolute Gasteiger partial charge is 0.417 e. The van der Waals surface area contributed by atoms with Crippen molar-refractivity contribution in [1.82, 2.24) is 14.9 Å². The Hall–Kier alpha value is -3.80. The summed E-state index contributed by atoms with van der Waals surface area (Å²) < 4.78 is 84.9. The van der Waals surface area contributed by atoms with E-state index in [4.69, 9.17) is 33.2 Å². The fourth-order valence-electron chi connectivity index (χ4n) is 6.73. The summed E-state index contributed by atoms with van der Waals surface area (Å²) >= 11 is 11.9. The molecular formula is C35H31Cl2F6N5. The maximum absolute atomic E-state index is 14.0. The molecular weight excluding hydrogens is 675 g/mol. The Morgan fingerprint density at radius 2 is 1.42 bits per heavy atom. The third-order valence-electron chi connectivity index (χ3n) is 8.25. The van der Waals surface area contributed by atoms with E-state index in [1.165, 1.54) is 24.3 Å². The number of piperidine rings is 1. The van der Waals surface area contributed by atoms with Gasteiger partial charge in [0.25, 0.3) is 0 Å². The molecule has 0 radical (unpaired) electrons. The summed E-state index contributed by atoms with van der Waals surface area (Å²) in [6.45, 7) is 8.30. The number of hydrogen-bond acceptors (Lipinski definition) is 4. The Balaban J connectivity index is 1.64. The number of para-hydroxylation sites is 2. The molecule has 2 aliphatic heterocycles. The molecule has 1 fully saturated rings. The van der Waals surface area contributed by atoms with E-state index in [2.05, 4.69) is 38.3 Å². The first-order valence-electron chi connectivity index (χ1n) is 15.1. The normalized spacial score (nSPS) is 17.3. The van der Waals surface area contributed by atoms with Crippen LogP contribution in [0.25, 0.3) is 28.1 Å². The number of nitrogens with one attached hydrogen (secondary N) is 2. The van der Waals surface area contributed by atoms with Crippen LogP contribution in [0.2, 0.25) is 10.0 Å². The lowest BCUT2D eigenvalue weighted by Gasteiger charge is -2.45. The first kappa shape index (κ1) is 34.1. The van der Waals surface area contributed by atoms with Gasteiger partial charge in [-0.2, -0.15) is 26.3 Å². The summed E-state index contributed by atoms with van der Waals surface area (Å²) in [5.74, 6) is 0. The van der Waals surface area contributed by atoms with E-state index in [9.17, 15) is 26.3 Å². The molecule has 252 valence electrons. The van der Waals surface area contributed by atoms with Crippen molar-refractivity contribution in [3.8, 4) is 17.1 Å². The Kier molecular flexibility index (Phi) is 8.49. The Morgan fingerprint density at radius 3 is 2.06 bits per heavy atom. The van der Waals surface area contributed by atoms with Gasteiger partial charge >= 0.3 is 12.4 Å². The van der Waals surface area contributed by atoms with Gasteiger partial charge < -0.3 is 15.2 Å². The maximum atomic E-state index is 14.0. The molecule has 0 saturated carbocycles. The van der Waals surface area contributed by atoms with Crippen molar-refractivity contribution >= 4 is 45.6 Å². The highest BCUT2D eigenvalue weighted by atomic mass is 35.5. The molecule has 0 amide bonds. The van der Waals surface area contributed by atoms with Gasteiger partial charge in [0, 0.05) is 22.5 Å². The molecule has 0 aromatic heterocycles. The average molecular weight is 707 g/mol. The number of nitrogens with zero attached hydrogens (tertiary/aromatic N) is 3. The van der Waals surface area contributed by atoms with Gasteiger partial charge in [0.1, 0.15) is 0 Å². The minimum absolute atomic E-state index is 0.120. The van der Waals surface area contributed by atoms with Gasteiger partial charge in [-0.25, -0.2) is 4.98 Å². The third-order valence-corrected chi connectivity index (χ3v) is 8.91. The second kappa shape index (κ2) is 12.0. The minimum Gasteiger partial charge on any atom is -0.354 e. The first-order valence-corrected chi connectivity index (χ1v) is 15.8. The predicted octanol–water partition coefficient (Wildman–Crippen LogP) is 10.4. The summed E-state index contributed by atoms with van der Waals surface area (Å²) in [5, 5.41) is 6.24. The number of fused-ring (bicyclic) bond motifs is 2. The summed E-state index contributed by atoms with van der Waals surface area (Å²) in [4.78, 5) is 9.94. The van der Waals surface area contributed by atoms with E-state index < -0.39 is 33.5 Å². The van der Waals surface area contributed by atoms with Crippen LogP contribution in [0.5, 0.6) is 0 Å². The zero-order chi connectivity index (χ0) is 34.8. The van der Waals surface area contributed by atoms with Crippen LogP contribution < -0.4 is 16.0 Å². The van der Waals surface area contributed by atoms with E-state index >= 15 is 0 Å². The van der Waals surface area contributed by atoms with Gasteiger partial charge in [0.2, 0.25) is 0 Å². The van der Waals surface area contributed by atoms with E-state index in [-0.39, 0.29) is 28.5 Å². The lowest BCUT2D eigenvalue weighted by molar-refractivity contribution is -0.138. The molecule has 1 aliphatic carbocycles. The van der Waals surface area contributed by atoms with Crippen LogP contribution in [-0.4, -0.2) is 26.7 Å². The highest BCUT2D eigenvalue weighted by molar-refractivity contribution is 6.31. The van der Waals surface area contributed by atoms with Crippen molar-refractivity contribution in [1.29, 1.82) is 0 Å². The number of anilines is 2. The van der Waals surface area contributed by atoms with Crippen molar-refractivity contribution in [3.63, 3.8) is 0 Å². The van der Waals surface area contributed by atoms with Gasteiger partial charge in [-0.15, -0.1) is 0 Å². The Morgan fingerprint density at radius 1 is 0.812 bits per heavy atom. The van der Waals surface area contributed by atoms with Crippen molar-refractivity contribution in [3.05, 3.63) is 99.3 Å². The number of hydrogen-bond donors (Lipinski definition) is 2. The predicted molar refractivity (Wildman–Crippen MR) is 177 cm³/mol.